The largest absolute Gasteiger partial charge is 0.456 e. The fourth-order valence-electron chi connectivity index (χ4n) is 2.39. The number of hydrogen-bond acceptors (Lipinski definition) is 7. The average molecular weight is 407 g/mol. The van der Waals surface area contributed by atoms with Gasteiger partial charge in [0.25, 0.3) is 5.56 Å². The van der Waals surface area contributed by atoms with Crippen LogP contribution in [0.25, 0.3) is 4.96 Å². The Morgan fingerprint density at radius 2 is 2.04 bits per heavy atom. The minimum Gasteiger partial charge on any atom is -0.456 e. The van der Waals surface area contributed by atoms with Crippen LogP contribution in [0.1, 0.15) is 21.7 Å². The van der Waals surface area contributed by atoms with E-state index in [2.05, 4.69) is 4.98 Å². The van der Waals surface area contributed by atoms with Crippen LogP contribution < -0.4 is 5.56 Å². The molecule has 8 nitrogen and oxygen atoms in total. The first-order valence-corrected chi connectivity index (χ1v) is 10.2. The van der Waals surface area contributed by atoms with Crippen LogP contribution in [0.5, 0.6) is 0 Å². The van der Waals surface area contributed by atoms with Crippen molar-refractivity contribution in [1.29, 1.82) is 0 Å². The molecule has 0 N–H and O–H groups in total. The van der Waals surface area contributed by atoms with Gasteiger partial charge < -0.3 is 4.74 Å². The monoisotopic (exact) mass is 407 g/mol. The number of aryl methyl sites for hydroxylation is 1. The summed E-state index contributed by atoms with van der Waals surface area (Å²) in [5.74, 6) is -0.699. The Labute approximate surface area is 159 Å². The minimum atomic E-state index is -3.66. The maximum Gasteiger partial charge on any atom is 0.338 e. The van der Waals surface area contributed by atoms with Crippen LogP contribution in [0.4, 0.5) is 0 Å². The van der Waals surface area contributed by atoms with E-state index in [1.807, 2.05) is 5.38 Å². The van der Waals surface area contributed by atoms with Crippen molar-refractivity contribution in [2.24, 2.45) is 0 Å². The molecule has 0 saturated carbocycles. The highest BCUT2D eigenvalue weighted by Crippen LogP contribution is 2.16. The molecule has 0 saturated heterocycles. The molecule has 0 atom stereocenters. The highest BCUT2D eigenvalue weighted by molar-refractivity contribution is 7.89. The summed E-state index contributed by atoms with van der Waals surface area (Å²) in [6.07, 6.45) is 0. The number of carbonyl (C=O) groups is 1. The third-order valence-electron chi connectivity index (χ3n) is 3.83. The molecule has 0 radical (unpaired) electrons. The Morgan fingerprint density at radius 3 is 2.74 bits per heavy atom. The van der Waals surface area contributed by atoms with Crippen molar-refractivity contribution in [2.75, 3.05) is 14.1 Å². The molecule has 2 heterocycles. The fraction of sp³-hybridized carbons (Fsp3) is 0.235. The van der Waals surface area contributed by atoms with Crippen LogP contribution >= 0.6 is 11.3 Å². The molecule has 142 valence electrons. The highest BCUT2D eigenvalue weighted by Gasteiger charge is 2.19. The van der Waals surface area contributed by atoms with Crippen molar-refractivity contribution in [3.63, 3.8) is 0 Å². The topological polar surface area (TPSA) is 98.0 Å². The Hall–Kier alpha value is -2.56. The first-order chi connectivity index (χ1) is 12.7. The summed E-state index contributed by atoms with van der Waals surface area (Å²) < 4.78 is 32.1. The first-order valence-electron chi connectivity index (χ1n) is 7.86. The molecule has 0 fully saturated rings. The molecule has 0 amide bonds. The number of ether oxygens (including phenoxy) is 1. The molecule has 0 bridgehead atoms. The lowest BCUT2D eigenvalue weighted by Gasteiger charge is -2.12. The zero-order chi connectivity index (χ0) is 19.8. The van der Waals surface area contributed by atoms with Gasteiger partial charge in [0, 0.05) is 31.2 Å². The molecule has 1 aromatic carbocycles. The fourth-order valence-corrected chi connectivity index (χ4v) is 4.23. The molecular formula is C17H17N3O5S2. The van der Waals surface area contributed by atoms with Crippen molar-refractivity contribution < 1.29 is 17.9 Å². The molecule has 0 aliphatic heterocycles. The van der Waals surface area contributed by atoms with Gasteiger partial charge >= 0.3 is 5.97 Å². The lowest BCUT2D eigenvalue weighted by Crippen LogP contribution is -2.22. The SMILES string of the molecule is Cc1csc2nc(COC(=O)c3cccc(S(=O)(=O)N(C)C)c3)cc(=O)n12. The van der Waals surface area contributed by atoms with Gasteiger partial charge in [-0.25, -0.2) is 22.5 Å². The maximum absolute atomic E-state index is 12.3. The number of thiazole rings is 1. The highest BCUT2D eigenvalue weighted by atomic mass is 32.2. The quantitative estimate of drug-likeness (QED) is 0.597. The van der Waals surface area contributed by atoms with Gasteiger partial charge in [-0.2, -0.15) is 0 Å². The van der Waals surface area contributed by atoms with Crippen molar-refractivity contribution in [2.45, 2.75) is 18.4 Å². The predicted octanol–water partition coefficient (Wildman–Crippen LogP) is 1.67. The van der Waals surface area contributed by atoms with Gasteiger partial charge in [0.2, 0.25) is 10.0 Å². The van der Waals surface area contributed by atoms with Crippen LogP contribution in [0.2, 0.25) is 0 Å². The molecular weight excluding hydrogens is 390 g/mol. The van der Waals surface area contributed by atoms with Gasteiger partial charge in [-0.15, -0.1) is 11.3 Å². The number of esters is 1. The second-order valence-corrected chi connectivity index (χ2v) is 8.96. The number of sulfonamides is 1. The summed E-state index contributed by atoms with van der Waals surface area (Å²) in [4.78, 5) is 29.2. The molecule has 0 aliphatic rings. The van der Waals surface area contributed by atoms with E-state index in [1.54, 1.807) is 6.92 Å². The lowest BCUT2D eigenvalue weighted by atomic mass is 10.2. The van der Waals surface area contributed by atoms with Gasteiger partial charge in [0.15, 0.2) is 4.96 Å². The van der Waals surface area contributed by atoms with Crippen molar-refractivity contribution in [3.05, 3.63) is 63.0 Å². The smallest absolute Gasteiger partial charge is 0.338 e. The summed E-state index contributed by atoms with van der Waals surface area (Å²) in [6.45, 7) is 1.62. The normalized spacial score (nSPS) is 11.9. The summed E-state index contributed by atoms with van der Waals surface area (Å²) in [5.41, 5.74) is 0.966. The van der Waals surface area contributed by atoms with E-state index in [4.69, 9.17) is 4.74 Å². The summed E-state index contributed by atoms with van der Waals surface area (Å²) in [6, 6.07) is 6.91. The number of fused-ring (bicyclic) bond motifs is 1. The Morgan fingerprint density at radius 1 is 1.30 bits per heavy atom. The Balaban J connectivity index is 1.80. The molecule has 10 heteroatoms. The van der Waals surface area contributed by atoms with Crippen LogP contribution in [-0.2, 0) is 21.4 Å². The van der Waals surface area contributed by atoms with E-state index in [0.29, 0.717) is 10.7 Å². The van der Waals surface area contributed by atoms with Crippen molar-refractivity contribution in [1.82, 2.24) is 13.7 Å². The summed E-state index contributed by atoms with van der Waals surface area (Å²) >= 11 is 1.32. The molecule has 3 rings (SSSR count). The lowest BCUT2D eigenvalue weighted by molar-refractivity contribution is 0.0467. The second kappa shape index (κ2) is 7.22. The van der Waals surface area contributed by atoms with Gasteiger partial charge in [-0.1, -0.05) is 6.07 Å². The van der Waals surface area contributed by atoms with Crippen LogP contribution in [0.3, 0.4) is 0 Å². The van der Waals surface area contributed by atoms with Crippen molar-refractivity contribution >= 4 is 32.3 Å². The molecule has 0 aliphatic carbocycles. The van der Waals surface area contributed by atoms with Crippen molar-refractivity contribution in [3.8, 4) is 0 Å². The number of aromatic nitrogens is 2. The maximum atomic E-state index is 12.3. The van der Waals surface area contributed by atoms with E-state index >= 15 is 0 Å². The predicted molar refractivity (Wildman–Crippen MR) is 101 cm³/mol. The zero-order valence-electron chi connectivity index (χ0n) is 14.9. The Bertz CT molecular complexity index is 1180. The number of carbonyl (C=O) groups excluding carboxylic acids is 1. The zero-order valence-corrected chi connectivity index (χ0v) is 16.5. The Kier molecular flexibility index (Phi) is 5.13. The van der Waals surface area contributed by atoms with Gasteiger partial charge in [-0.3, -0.25) is 9.20 Å². The molecule has 2 aromatic heterocycles. The average Bonchev–Trinajstić information content (AvgIpc) is 3.01. The van der Waals surface area contributed by atoms with Crippen LogP contribution in [0.15, 0.2) is 45.4 Å². The van der Waals surface area contributed by atoms with E-state index < -0.39 is 16.0 Å². The molecule has 3 aromatic rings. The number of rotatable bonds is 5. The second-order valence-electron chi connectivity index (χ2n) is 5.97. The molecule has 0 unspecified atom stereocenters. The van der Waals surface area contributed by atoms with Gasteiger partial charge in [0.05, 0.1) is 16.2 Å². The standard InChI is InChI=1S/C17H17N3O5S2/c1-11-10-26-17-18-13(8-15(21)20(11)17)9-25-16(22)12-5-4-6-14(7-12)27(23,24)19(2)3/h4-8,10H,9H2,1-3H3. The molecule has 27 heavy (non-hydrogen) atoms. The molecule has 0 spiro atoms. The van der Waals surface area contributed by atoms with Crippen LogP contribution in [0, 0.1) is 6.92 Å². The van der Waals surface area contributed by atoms with Gasteiger partial charge in [0.1, 0.15) is 6.61 Å². The van der Waals surface area contributed by atoms with Crippen LogP contribution in [-0.4, -0.2) is 42.2 Å². The third kappa shape index (κ3) is 3.77. The third-order valence-corrected chi connectivity index (χ3v) is 6.58. The van der Waals surface area contributed by atoms with E-state index in [9.17, 15) is 18.0 Å². The van der Waals surface area contributed by atoms with Gasteiger partial charge in [-0.05, 0) is 25.1 Å². The number of nitrogens with zero attached hydrogens (tertiary/aromatic N) is 3. The summed E-state index contributed by atoms with van der Waals surface area (Å²) in [7, 11) is -0.838. The van der Waals surface area contributed by atoms with E-state index in [1.165, 1.54) is 60.2 Å². The van der Waals surface area contributed by atoms with E-state index in [0.717, 1.165) is 10.00 Å². The number of benzene rings is 1. The number of hydrogen-bond donors (Lipinski definition) is 0. The minimum absolute atomic E-state index is 0.00574. The first kappa shape index (κ1) is 19.2. The summed E-state index contributed by atoms with van der Waals surface area (Å²) in [5, 5.41) is 1.82. The van der Waals surface area contributed by atoms with E-state index in [-0.39, 0.29) is 22.6 Å².